The van der Waals surface area contributed by atoms with E-state index in [0.29, 0.717) is 25.0 Å². The number of rotatable bonds is 8. The first-order valence-corrected chi connectivity index (χ1v) is 15.2. The largest absolute Gasteiger partial charge is 0.224 e. The van der Waals surface area contributed by atoms with Crippen LogP contribution in [0, 0.1) is 0 Å². The van der Waals surface area contributed by atoms with Gasteiger partial charge in [-0.2, -0.15) is 0 Å². The van der Waals surface area contributed by atoms with Crippen molar-refractivity contribution in [3.05, 3.63) is 34.9 Å². The number of halogens is 1. The van der Waals surface area contributed by atoms with Crippen molar-refractivity contribution >= 4 is 51.7 Å². The lowest BCUT2D eigenvalue weighted by Gasteiger charge is -2.36. The zero-order valence-corrected chi connectivity index (χ0v) is 19.7. The normalized spacial score (nSPS) is 16.3. The molecule has 0 aromatic heterocycles. The predicted molar refractivity (Wildman–Crippen MR) is 107 cm³/mol. The van der Waals surface area contributed by atoms with Crippen LogP contribution >= 0.6 is 11.6 Å². The van der Waals surface area contributed by atoms with Crippen LogP contribution < -0.4 is 0 Å². The SMILES string of the molecule is C[C@H]([C@H](c1ccccc1Cl)N(S(C)(=O)=O)S(C)(=O)=O)N(S(C)(=O)=O)S(C)(=O)=O. The molecule has 0 aliphatic heterocycles. The van der Waals surface area contributed by atoms with Gasteiger partial charge in [0.15, 0.2) is 0 Å². The average molecular weight is 497 g/mol. The van der Waals surface area contributed by atoms with E-state index in [0.717, 1.165) is 6.92 Å². The second-order valence-corrected chi connectivity index (χ2v) is 14.5. The summed E-state index contributed by atoms with van der Waals surface area (Å²) in [6.07, 6.45) is 2.44. The first kappa shape index (κ1) is 25.3. The third-order valence-electron chi connectivity index (χ3n) is 3.55. The Labute approximate surface area is 171 Å². The van der Waals surface area contributed by atoms with Crippen molar-refractivity contribution in [3.8, 4) is 0 Å². The van der Waals surface area contributed by atoms with E-state index in [4.69, 9.17) is 11.6 Å². The topological polar surface area (TPSA) is 143 Å². The zero-order chi connectivity index (χ0) is 22.3. The van der Waals surface area contributed by atoms with Gasteiger partial charge >= 0.3 is 0 Å². The molecule has 0 amide bonds. The molecule has 1 aromatic carbocycles. The Balaban J connectivity index is 4.00. The van der Waals surface area contributed by atoms with E-state index in [1.165, 1.54) is 24.3 Å². The second kappa shape index (κ2) is 8.16. The van der Waals surface area contributed by atoms with Gasteiger partial charge in [-0.25, -0.2) is 33.7 Å². The monoisotopic (exact) mass is 496 g/mol. The van der Waals surface area contributed by atoms with E-state index >= 15 is 0 Å². The van der Waals surface area contributed by atoms with Crippen molar-refractivity contribution in [2.45, 2.75) is 19.0 Å². The highest BCUT2D eigenvalue weighted by Crippen LogP contribution is 2.37. The van der Waals surface area contributed by atoms with Gasteiger partial charge in [-0.1, -0.05) is 37.2 Å². The van der Waals surface area contributed by atoms with Gasteiger partial charge in [0.05, 0.1) is 37.1 Å². The minimum Gasteiger partial charge on any atom is -0.212 e. The lowest BCUT2D eigenvalue weighted by molar-refractivity contribution is 0.316. The summed E-state index contributed by atoms with van der Waals surface area (Å²) in [5.41, 5.74) is -0.0789. The van der Waals surface area contributed by atoms with Crippen molar-refractivity contribution in [2.24, 2.45) is 0 Å². The molecule has 1 aromatic rings. The molecule has 0 spiro atoms. The Hall–Kier alpha value is -0.770. The van der Waals surface area contributed by atoms with E-state index in [9.17, 15) is 33.7 Å². The molecule has 0 aliphatic rings. The molecule has 0 bridgehead atoms. The van der Waals surface area contributed by atoms with Crippen LogP contribution in [0.15, 0.2) is 24.3 Å². The molecule has 0 unspecified atom stereocenters. The molecule has 0 saturated carbocycles. The standard InChI is InChI=1S/C13H21ClN2O8S4/c1-10(15(25(2,17)18)26(3,19)20)13(11-8-6-7-9-12(11)14)16(27(4,21)22)28(5,23)24/h6-10,13H,1-5H3/t10-,13-/m1/s1. The van der Waals surface area contributed by atoms with Gasteiger partial charge in [0, 0.05) is 5.02 Å². The fraction of sp³-hybridized carbons (Fsp3) is 0.538. The Morgan fingerprint density at radius 1 is 0.714 bits per heavy atom. The van der Waals surface area contributed by atoms with Crippen LogP contribution in [0.5, 0.6) is 0 Å². The molecular weight excluding hydrogens is 476 g/mol. The molecule has 0 fully saturated rings. The summed E-state index contributed by atoms with van der Waals surface area (Å²) >= 11 is 6.11. The van der Waals surface area contributed by atoms with E-state index in [1.807, 2.05) is 0 Å². The van der Waals surface area contributed by atoms with Gasteiger partial charge < -0.3 is 0 Å². The summed E-state index contributed by atoms with van der Waals surface area (Å²) in [5, 5.41) is -0.0707. The van der Waals surface area contributed by atoms with Crippen LogP contribution in [0.1, 0.15) is 18.5 Å². The molecule has 0 aliphatic carbocycles. The van der Waals surface area contributed by atoms with Gasteiger partial charge in [-0.05, 0) is 18.6 Å². The number of nitrogens with zero attached hydrogens (tertiary/aromatic N) is 2. The van der Waals surface area contributed by atoms with Crippen molar-refractivity contribution in [3.63, 3.8) is 0 Å². The molecule has 2 atom stereocenters. The highest BCUT2D eigenvalue weighted by Gasteiger charge is 2.46. The third-order valence-corrected chi connectivity index (χ3v) is 10.9. The Kier molecular flexibility index (Phi) is 7.36. The molecule has 28 heavy (non-hydrogen) atoms. The highest BCUT2D eigenvalue weighted by molar-refractivity contribution is 8.04. The van der Waals surface area contributed by atoms with Gasteiger partial charge in [-0.3, -0.25) is 0 Å². The van der Waals surface area contributed by atoms with E-state index in [-0.39, 0.29) is 18.0 Å². The smallest absolute Gasteiger partial charge is 0.212 e. The van der Waals surface area contributed by atoms with Gasteiger partial charge in [0.25, 0.3) is 0 Å². The second-order valence-electron chi connectivity index (χ2n) is 6.21. The molecule has 0 N–H and O–H groups in total. The van der Waals surface area contributed by atoms with Crippen LogP contribution in [0.25, 0.3) is 0 Å². The maximum Gasteiger partial charge on any atom is 0.224 e. The van der Waals surface area contributed by atoms with E-state index in [1.54, 1.807) is 0 Å². The van der Waals surface area contributed by atoms with Crippen LogP contribution in [-0.2, 0) is 40.1 Å². The summed E-state index contributed by atoms with van der Waals surface area (Å²) in [4.78, 5) is 0. The number of hydrogen-bond donors (Lipinski definition) is 0. The Morgan fingerprint density at radius 3 is 1.39 bits per heavy atom. The first-order valence-electron chi connectivity index (χ1n) is 7.43. The van der Waals surface area contributed by atoms with Crippen LogP contribution in [-0.4, -0.2) is 72.2 Å². The van der Waals surface area contributed by atoms with Crippen molar-refractivity contribution in [1.29, 1.82) is 0 Å². The van der Waals surface area contributed by atoms with Gasteiger partial charge in [0.1, 0.15) is 0 Å². The third kappa shape index (κ3) is 5.87. The summed E-state index contributed by atoms with van der Waals surface area (Å²) < 4.78 is 98.0. The number of sulfonamides is 4. The predicted octanol–water partition coefficient (Wildman–Crippen LogP) is 0.212. The number of benzene rings is 1. The molecule has 1 rings (SSSR count). The van der Waals surface area contributed by atoms with Crippen molar-refractivity contribution < 1.29 is 33.7 Å². The summed E-state index contributed by atoms with van der Waals surface area (Å²) in [5.74, 6) is 0. The molecule has 0 heterocycles. The molecule has 0 radical (unpaired) electrons. The van der Waals surface area contributed by atoms with E-state index < -0.39 is 52.2 Å². The summed E-state index contributed by atoms with van der Waals surface area (Å²) in [6, 6.07) is 2.09. The lowest BCUT2D eigenvalue weighted by atomic mass is 10.0. The van der Waals surface area contributed by atoms with Crippen LogP contribution in [0.2, 0.25) is 5.02 Å². The molecule has 0 saturated heterocycles. The minimum absolute atomic E-state index is 0.0647. The maximum absolute atomic E-state index is 12.3. The number of hydrogen-bond acceptors (Lipinski definition) is 8. The minimum atomic E-state index is -4.49. The fourth-order valence-corrected chi connectivity index (χ4v) is 9.91. The Morgan fingerprint density at radius 2 is 1.07 bits per heavy atom. The zero-order valence-electron chi connectivity index (χ0n) is 15.6. The average Bonchev–Trinajstić information content (AvgIpc) is 2.39. The molecule has 15 heteroatoms. The summed E-state index contributed by atoms with van der Waals surface area (Å²) in [7, 11) is -17.8. The van der Waals surface area contributed by atoms with E-state index in [2.05, 4.69) is 0 Å². The van der Waals surface area contributed by atoms with Crippen molar-refractivity contribution in [1.82, 2.24) is 7.42 Å². The first-order chi connectivity index (χ1) is 12.3. The van der Waals surface area contributed by atoms with Crippen LogP contribution in [0.3, 0.4) is 0 Å². The fourth-order valence-electron chi connectivity index (χ4n) is 2.89. The molecular formula is C13H21ClN2O8S4. The highest BCUT2D eigenvalue weighted by atomic mass is 35.5. The molecule has 162 valence electrons. The van der Waals surface area contributed by atoms with Crippen molar-refractivity contribution in [2.75, 3.05) is 25.0 Å². The van der Waals surface area contributed by atoms with Gasteiger partial charge in [0.2, 0.25) is 40.1 Å². The summed E-state index contributed by atoms with van der Waals surface area (Å²) in [6.45, 7) is 1.08. The maximum atomic E-state index is 12.3. The quantitative estimate of drug-likeness (QED) is 0.497. The van der Waals surface area contributed by atoms with Crippen LogP contribution in [0.4, 0.5) is 0 Å². The molecule has 10 nitrogen and oxygen atoms in total. The Bertz CT molecular complexity index is 1100. The van der Waals surface area contributed by atoms with Gasteiger partial charge in [-0.15, -0.1) is 0 Å². The lowest BCUT2D eigenvalue weighted by Crippen LogP contribution is -2.51.